The average Bonchev–Trinajstić information content (AvgIpc) is 3.20. The van der Waals surface area contributed by atoms with Crippen LogP contribution in [0.4, 0.5) is 0 Å². The molecule has 28 heavy (non-hydrogen) atoms. The van der Waals surface area contributed by atoms with Crippen LogP contribution in [0.3, 0.4) is 0 Å². The summed E-state index contributed by atoms with van der Waals surface area (Å²) >= 11 is 0. The quantitative estimate of drug-likeness (QED) is 0.504. The van der Waals surface area contributed by atoms with E-state index < -0.39 is 0 Å². The highest BCUT2D eigenvalue weighted by Gasteiger charge is 2.08. The van der Waals surface area contributed by atoms with Gasteiger partial charge in [-0.05, 0) is 28.1 Å². The number of hydrogen-bond acceptors (Lipinski definition) is 5. The third kappa shape index (κ3) is 4.32. The predicted molar refractivity (Wildman–Crippen MR) is 106 cm³/mol. The van der Waals surface area contributed by atoms with E-state index in [1.165, 1.54) is 10.2 Å². The summed E-state index contributed by atoms with van der Waals surface area (Å²) < 4.78 is 5.71. The summed E-state index contributed by atoms with van der Waals surface area (Å²) in [6.45, 7) is 0.784. The maximum atomic E-state index is 12.0. The molecule has 140 valence electrons. The SMILES string of the molecule is O=C(Cn1nnc(-c2ccccc2)n1)NCCOc1ccc2ccccc2c1. The topological polar surface area (TPSA) is 81.9 Å². The monoisotopic (exact) mass is 373 g/mol. The molecular formula is C21H19N5O2. The second-order valence-electron chi connectivity index (χ2n) is 6.22. The molecule has 1 aromatic heterocycles. The second kappa shape index (κ2) is 8.30. The van der Waals surface area contributed by atoms with E-state index in [0.717, 1.165) is 16.7 Å². The summed E-state index contributed by atoms with van der Waals surface area (Å²) in [4.78, 5) is 13.3. The number of tetrazole rings is 1. The van der Waals surface area contributed by atoms with Gasteiger partial charge in [0.25, 0.3) is 0 Å². The third-order valence-corrected chi connectivity index (χ3v) is 4.18. The van der Waals surface area contributed by atoms with Crippen molar-refractivity contribution in [3.05, 3.63) is 72.8 Å². The molecule has 0 aliphatic heterocycles. The lowest BCUT2D eigenvalue weighted by Gasteiger charge is -2.08. The summed E-state index contributed by atoms with van der Waals surface area (Å²) in [5.74, 6) is 1.07. The molecule has 0 atom stereocenters. The third-order valence-electron chi connectivity index (χ3n) is 4.18. The largest absolute Gasteiger partial charge is 0.492 e. The van der Waals surface area contributed by atoms with Crippen molar-refractivity contribution in [3.8, 4) is 17.1 Å². The van der Waals surface area contributed by atoms with E-state index in [4.69, 9.17) is 4.74 Å². The molecule has 0 fully saturated rings. The van der Waals surface area contributed by atoms with Gasteiger partial charge in [0.15, 0.2) is 0 Å². The molecule has 0 aliphatic rings. The first-order valence-electron chi connectivity index (χ1n) is 8.99. The lowest BCUT2D eigenvalue weighted by atomic mass is 10.1. The van der Waals surface area contributed by atoms with Crippen molar-refractivity contribution in [2.75, 3.05) is 13.2 Å². The van der Waals surface area contributed by atoms with Gasteiger partial charge in [-0.1, -0.05) is 60.7 Å². The number of nitrogens with one attached hydrogen (secondary N) is 1. The molecule has 0 unspecified atom stereocenters. The van der Waals surface area contributed by atoms with Gasteiger partial charge in [-0.3, -0.25) is 4.79 Å². The Morgan fingerprint density at radius 2 is 1.75 bits per heavy atom. The lowest BCUT2D eigenvalue weighted by molar-refractivity contribution is -0.122. The highest BCUT2D eigenvalue weighted by atomic mass is 16.5. The number of benzene rings is 3. The predicted octanol–water partition coefficient (Wildman–Crippen LogP) is 2.69. The minimum absolute atomic E-state index is 0.00973. The summed E-state index contributed by atoms with van der Waals surface area (Å²) in [5, 5.41) is 17.2. The number of amides is 1. The lowest BCUT2D eigenvalue weighted by Crippen LogP contribution is -2.31. The molecule has 1 amide bonds. The van der Waals surface area contributed by atoms with Crippen LogP contribution < -0.4 is 10.1 Å². The average molecular weight is 373 g/mol. The van der Waals surface area contributed by atoms with Gasteiger partial charge in [0.2, 0.25) is 11.7 Å². The van der Waals surface area contributed by atoms with Crippen LogP contribution in [-0.4, -0.2) is 39.3 Å². The number of carbonyl (C=O) groups is 1. The zero-order valence-electron chi connectivity index (χ0n) is 15.2. The fourth-order valence-corrected chi connectivity index (χ4v) is 2.81. The second-order valence-corrected chi connectivity index (χ2v) is 6.22. The fraction of sp³-hybridized carbons (Fsp3) is 0.143. The number of fused-ring (bicyclic) bond motifs is 1. The van der Waals surface area contributed by atoms with Crippen molar-refractivity contribution < 1.29 is 9.53 Å². The number of carbonyl (C=O) groups excluding carboxylic acids is 1. The molecule has 0 saturated heterocycles. The normalized spacial score (nSPS) is 10.7. The molecular weight excluding hydrogens is 354 g/mol. The molecule has 1 heterocycles. The molecule has 3 aromatic carbocycles. The minimum atomic E-state index is -0.195. The van der Waals surface area contributed by atoms with Gasteiger partial charge in [-0.2, -0.15) is 4.80 Å². The van der Waals surface area contributed by atoms with Crippen molar-refractivity contribution >= 4 is 16.7 Å². The summed E-state index contributed by atoms with van der Waals surface area (Å²) in [7, 11) is 0. The maximum absolute atomic E-state index is 12.0. The highest BCUT2D eigenvalue weighted by molar-refractivity contribution is 5.83. The van der Waals surface area contributed by atoms with E-state index >= 15 is 0 Å². The molecule has 0 spiro atoms. The first-order valence-corrected chi connectivity index (χ1v) is 8.99. The van der Waals surface area contributed by atoms with Gasteiger partial charge in [-0.15, -0.1) is 10.2 Å². The Labute approximate surface area is 161 Å². The van der Waals surface area contributed by atoms with Crippen molar-refractivity contribution in [2.24, 2.45) is 0 Å². The Kier molecular flexibility index (Phi) is 5.24. The Morgan fingerprint density at radius 3 is 2.61 bits per heavy atom. The number of aromatic nitrogens is 4. The van der Waals surface area contributed by atoms with E-state index in [1.54, 1.807) is 0 Å². The highest BCUT2D eigenvalue weighted by Crippen LogP contribution is 2.20. The molecule has 0 saturated carbocycles. The molecule has 4 aromatic rings. The van der Waals surface area contributed by atoms with Gasteiger partial charge < -0.3 is 10.1 Å². The molecule has 4 rings (SSSR count). The molecule has 0 bridgehead atoms. The Hall–Kier alpha value is -3.74. The van der Waals surface area contributed by atoms with E-state index in [2.05, 4.69) is 26.8 Å². The van der Waals surface area contributed by atoms with E-state index in [9.17, 15) is 4.79 Å². The van der Waals surface area contributed by atoms with Crippen molar-refractivity contribution in [2.45, 2.75) is 6.54 Å². The summed E-state index contributed by atoms with van der Waals surface area (Å²) in [6, 6.07) is 23.5. The van der Waals surface area contributed by atoms with Crippen molar-refractivity contribution in [1.29, 1.82) is 0 Å². The van der Waals surface area contributed by atoms with Gasteiger partial charge in [-0.25, -0.2) is 0 Å². The number of rotatable bonds is 7. The van der Waals surface area contributed by atoms with Crippen LogP contribution in [-0.2, 0) is 11.3 Å². The first kappa shape index (κ1) is 17.7. The Morgan fingerprint density at radius 1 is 0.964 bits per heavy atom. The molecule has 0 aliphatic carbocycles. The molecule has 7 nitrogen and oxygen atoms in total. The molecule has 7 heteroatoms. The van der Waals surface area contributed by atoms with Crippen molar-refractivity contribution in [1.82, 2.24) is 25.5 Å². The van der Waals surface area contributed by atoms with E-state index in [-0.39, 0.29) is 12.5 Å². The minimum Gasteiger partial charge on any atom is -0.492 e. The van der Waals surface area contributed by atoms with Crippen LogP contribution >= 0.6 is 0 Å². The van der Waals surface area contributed by atoms with Crippen molar-refractivity contribution in [3.63, 3.8) is 0 Å². The van der Waals surface area contributed by atoms with Crippen LogP contribution in [0.15, 0.2) is 72.8 Å². The molecule has 1 N–H and O–H groups in total. The van der Waals surface area contributed by atoms with Crippen LogP contribution in [0.5, 0.6) is 5.75 Å². The Balaban J connectivity index is 1.24. The van der Waals surface area contributed by atoms with Crippen LogP contribution in [0, 0.1) is 0 Å². The van der Waals surface area contributed by atoms with Crippen LogP contribution in [0.25, 0.3) is 22.2 Å². The van der Waals surface area contributed by atoms with Gasteiger partial charge in [0.1, 0.15) is 18.9 Å². The number of nitrogens with zero attached hydrogens (tertiary/aromatic N) is 4. The van der Waals surface area contributed by atoms with Crippen LogP contribution in [0.1, 0.15) is 0 Å². The maximum Gasteiger partial charge on any atom is 0.243 e. The zero-order valence-corrected chi connectivity index (χ0v) is 15.2. The van der Waals surface area contributed by atoms with Gasteiger partial charge in [0, 0.05) is 5.56 Å². The van der Waals surface area contributed by atoms with Gasteiger partial charge in [0.05, 0.1) is 6.54 Å². The van der Waals surface area contributed by atoms with Gasteiger partial charge >= 0.3 is 0 Å². The van der Waals surface area contributed by atoms with E-state index in [0.29, 0.717) is 19.0 Å². The standard InChI is InChI=1S/C21H19N5O2/c27-20(15-26-24-21(23-25-26)17-7-2-1-3-8-17)22-12-13-28-19-11-10-16-6-4-5-9-18(16)14-19/h1-11,14H,12-13,15H2,(H,22,27). The summed E-state index contributed by atoms with van der Waals surface area (Å²) in [6.07, 6.45) is 0. The first-order chi connectivity index (χ1) is 13.8. The fourth-order valence-electron chi connectivity index (χ4n) is 2.81. The smallest absolute Gasteiger partial charge is 0.243 e. The zero-order chi connectivity index (χ0) is 19.2. The number of ether oxygens (including phenoxy) is 1. The van der Waals surface area contributed by atoms with E-state index in [1.807, 2.05) is 66.7 Å². The summed E-state index contributed by atoms with van der Waals surface area (Å²) in [5.41, 5.74) is 0.859. The Bertz CT molecular complexity index is 1080. The van der Waals surface area contributed by atoms with Crippen LogP contribution in [0.2, 0.25) is 0 Å². The number of hydrogen-bond donors (Lipinski definition) is 1. The molecule has 0 radical (unpaired) electrons.